The van der Waals surface area contributed by atoms with Gasteiger partial charge in [-0.05, 0) is 111 Å². The quantitative estimate of drug-likeness (QED) is 0.150. The van der Waals surface area contributed by atoms with E-state index in [1.54, 1.807) is 0 Å². The summed E-state index contributed by atoms with van der Waals surface area (Å²) in [6, 6.07) is 0. The minimum Gasteiger partial charge on any atom is -0.478 e. The predicted molar refractivity (Wildman–Crippen MR) is 153 cm³/mol. The van der Waals surface area contributed by atoms with Crippen molar-refractivity contribution in [2.45, 2.75) is 118 Å². The SMILES string of the molecule is CC(=O)O[C@H]1C[C@@]2(C)[C@@H](C[C@@H](OS(=O)(=O)O)[C@H]3[C@@]4(C)CC[C@@H](O)[C@@H](C)[C@@H]4CC[C@@]32C)/C1=C(\CCC=C(C)C)C(=O)O. The second-order valence-corrected chi connectivity index (χ2v) is 15.2. The van der Waals surface area contributed by atoms with Gasteiger partial charge in [0.1, 0.15) is 6.10 Å². The third kappa shape index (κ3) is 5.54. The molecule has 4 aliphatic carbocycles. The Kier molecular flexibility index (Phi) is 8.68. The van der Waals surface area contributed by atoms with Gasteiger partial charge in [0.05, 0.1) is 12.2 Å². The first-order chi connectivity index (χ1) is 18.9. The summed E-state index contributed by atoms with van der Waals surface area (Å²) in [5.41, 5.74) is 0.375. The molecule has 0 aliphatic heterocycles. The van der Waals surface area contributed by atoms with Crippen LogP contribution in [0.25, 0.3) is 0 Å². The van der Waals surface area contributed by atoms with E-state index in [1.807, 2.05) is 19.9 Å². The molecule has 0 bridgehead atoms. The first-order valence-corrected chi connectivity index (χ1v) is 16.3. The molecule has 4 rings (SSSR count). The Bertz CT molecular complexity index is 1230. The Hall–Kier alpha value is -1.75. The van der Waals surface area contributed by atoms with Crippen LogP contribution >= 0.6 is 0 Å². The van der Waals surface area contributed by atoms with Crippen LogP contribution in [0.5, 0.6) is 0 Å². The van der Waals surface area contributed by atoms with Gasteiger partial charge in [-0.15, -0.1) is 0 Å². The summed E-state index contributed by atoms with van der Waals surface area (Å²) in [5, 5.41) is 21.1. The maximum Gasteiger partial charge on any atom is 0.397 e. The van der Waals surface area contributed by atoms with Gasteiger partial charge in [-0.1, -0.05) is 39.3 Å². The van der Waals surface area contributed by atoms with Crippen molar-refractivity contribution in [3.63, 3.8) is 0 Å². The molecule has 0 aromatic heterocycles. The molecular formula is C31H48O9S. The van der Waals surface area contributed by atoms with Gasteiger partial charge in [0.25, 0.3) is 0 Å². The average molecular weight is 597 g/mol. The Morgan fingerprint density at radius 3 is 2.29 bits per heavy atom. The number of hydrogen-bond acceptors (Lipinski definition) is 7. The van der Waals surface area contributed by atoms with Crippen molar-refractivity contribution in [2.75, 3.05) is 0 Å². The third-order valence-corrected chi connectivity index (χ3v) is 12.3. The molecule has 0 aromatic rings. The lowest BCUT2D eigenvalue weighted by Crippen LogP contribution is -2.66. The summed E-state index contributed by atoms with van der Waals surface area (Å²) in [7, 11) is -4.82. The number of aliphatic hydroxyl groups excluding tert-OH is 1. The van der Waals surface area contributed by atoms with Crippen LogP contribution in [0, 0.1) is 39.9 Å². The molecule has 0 unspecified atom stereocenters. The van der Waals surface area contributed by atoms with Crippen LogP contribution in [0.15, 0.2) is 22.8 Å². The number of carboxylic acids is 1. The molecule has 41 heavy (non-hydrogen) atoms. The van der Waals surface area contributed by atoms with Crippen LogP contribution in [0.4, 0.5) is 0 Å². The normalized spacial score (nSPS) is 43.3. The van der Waals surface area contributed by atoms with Crippen molar-refractivity contribution in [3.8, 4) is 0 Å². The molecule has 0 spiro atoms. The van der Waals surface area contributed by atoms with E-state index in [1.165, 1.54) is 6.92 Å². The molecule has 4 aliphatic rings. The van der Waals surface area contributed by atoms with E-state index >= 15 is 0 Å². The van der Waals surface area contributed by atoms with Crippen molar-refractivity contribution >= 4 is 22.3 Å². The molecule has 4 saturated carbocycles. The summed E-state index contributed by atoms with van der Waals surface area (Å²) in [5.74, 6) is -2.13. The first kappa shape index (κ1) is 32.2. The van der Waals surface area contributed by atoms with Gasteiger partial charge in [-0.25, -0.2) is 8.98 Å². The van der Waals surface area contributed by atoms with Crippen LogP contribution in [-0.2, 0) is 28.9 Å². The zero-order valence-corrected chi connectivity index (χ0v) is 26.3. The number of rotatable bonds is 7. The number of ether oxygens (including phenoxy) is 1. The van der Waals surface area contributed by atoms with E-state index in [4.69, 9.17) is 8.92 Å². The van der Waals surface area contributed by atoms with E-state index < -0.39 is 57.4 Å². The number of fused-ring (bicyclic) bond motifs is 5. The zero-order chi connectivity index (χ0) is 30.7. The van der Waals surface area contributed by atoms with Crippen LogP contribution < -0.4 is 0 Å². The van der Waals surface area contributed by atoms with Crippen molar-refractivity contribution in [3.05, 3.63) is 22.8 Å². The summed E-state index contributed by atoms with van der Waals surface area (Å²) in [6.45, 7) is 13.7. The average Bonchev–Trinajstić information content (AvgIpc) is 3.09. The van der Waals surface area contributed by atoms with Crippen molar-refractivity contribution in [1.82, 2.24) is 0 Å². The van der Waals surface area contributed by atoms with Crippen molar-refractivity contribution in [2.24, 2.45) is 39.9 Å². The van der Waals surface area contributed by atoms with Gasteiger partial charge in [-0.2, -0.15) is 8.42 Å². The van der Waals surface area contributed by atoms with Gasteiger partial charge in [0, 0.05) is 12.5 Å². The summed E-state index contributed by atoms with van der Waals surface area (Å²) < 4.78 is 45.9. The van der Waals surface area contributed by atoms with Gasteiger partial charge in [0.15, 0.2) is 0 Å². The van der Waals surface area contributed by atoms with Gasteiger partial charge in [-0.3, -0.25) is 9.35 Å². The smallest absolute Gasteiger partial charge is 0.397 e. The highest BCUT2D eigenvalue weighted by molar-refractivity contribution is 7.80. The minimum atomic E-state index is -4.82. The standard InChI is InChI=1S/C31H48O9S/c1-17(2)9-8-10-20(28(34)35)26-22-15-24(40-41(36,37)38)27-29(5)13-12-23(33)18(3)21(29)11-14-30(27,6)31(22,7)16-25(26)39-19(4)32/h9,18,21-25,27,33H,8,10-16H2,1-7H3,(H,34,35)(H,36,37,38)/b26-20-/t18-,21-,22-,23+,24+,25-,27-,29-,30-,31-/m0/s1. The van der Waals surface area contributed by atoms with Crippen LogP contribution in [0.2, 0.25) is 0 Å². The number of aliphatic carboxylic acids is 1. The predicted octanol–water partition coefficient (Wildman–Crippen LogP) is 5.49. The highest BCUT2D eigenvalue weighted by Crippen LogP contribution is 2.75. The largest absolute Gasteiger partial charge is 0.478 e. The fourth-order valence-corrected chi connectivity index (χ4v) is 10.5. The highest BCUT2D eigenvalue weighted by Gasteiger charge is 2.71. The number of esters is 1. The van der Waals surface area contributed by atoms with E-state index in [0.717, 1.165) is 12.0 Å². The first-order valence-electron chi connectivity index (χ1n) is 15.0. The monoisotopic (exact) mass is 596 g/mol. The Balaban J connectivity index is 1.92. The molecule has 0 aromatic carbocycles. The van der Waals surface area contributed by atoms with Gasteiger partial charge >= 0.3 is 22.3 Å². The Labute approximate surface area is 244 Å². The molecule has 4 fully saturated rings. The lowest BCUT2D eigenvalue weighted by molar-refractivity contribution is -0.229. The Morgan fingerprint density at radius 1 is 1.07 bits per heavy atom. The van der Waals surface area contributed by atoms with Gasteiger partial charge < -0.3 is 14.9 Å². The van der Waals surface area contributed by atoms with E-state index in [9.17, 15) is 32.8 Å². The molecule has 0 heterocycles. The summed E-state index contributed by atoms with van der Waals surface area (Å²) >= 11 is 0. The molecule has 3 N–H and O–H groups in total. The van der Waals surface area contributed by atoms with E-state index in [2.05, 4.69) is 27.7 Å². The maximum absolute atomic E-state index is 12.7. The van der Waals surface area contributed by atoms with Gasteiger partial charge in [0.2, 0.25) is 0 Å². The molecule has 0 saturated heterocycles. The minimum absolute atomic E-state index is 0.0248. The van der Waals surface area contributed by atoms with Crippen molar-refractivity contribution < 1.29 is 41.7 Å². The molecule has 10 heteroatoms. The van der Waals surface area contributed by atoms with Crippen molar-refractivity contribution in [1.29, 1.82) is 0 Å². The fraction of sp³-hybridized carbons (Fsp3) is 0.806. The number of allylic oxidation sites excluding steroid dienone is 2. The molecule has 0 amide bonds. The topological polar surface area (TPSA) is 147 Å². The number of carbonyl (C=O) groups is 2. The second-order valence-electron chi connectivity index (χ2n) is 14.1. The lowest BCUT2D eigenvalue weighted by Gasteiger charge is -2.69. The van der Waals surface area contributed by atoms with Crippen LogP contribution in [-0.4, -0.2) is 53.4 Å². The maximum atomic E-state index is 12.7. The van der Waals surface area contributed by atoms with E-state index in [0.29, 0.717) is 37.7 Å². The molecule has 10 atom stereocenters. The Morgan fingerprint density at radius 2 is 1.73 bits per heavy atom. The molecular weight excluding hydrogens is 548 g/mol. The van der Waals surface area contributed by atoms with E-state index in [-0.39, 0.29) is 41.6 Å². The number of carbonyl (C=O) groups excluding carboxylic acids is 1. The summed E-state index contributed by atoms with van der Waals surface area (Å²) in [6.07, 6.45) is 4.08. The van der Waals surface area contributed by atoms with Crippen LogP contribution in [0.3, 0.4) is 0 Å². The number of carboxylic acid groups (broad SMARTS) is 1. The zero-order valence-electron chi connectivity index (χ0n) is 25.5. The summed E-state index contributed by atoms with van der Waals surface area (Å²) in [4.78, 5) is 25.0. The lowest BCUT2D eigenvalue weighted by atomic mass is 9.36. The van der Waals surface area contributed by atoms with Crippen LogP contribution in [0.1, 0.15) is 99.8 Å². The number of hydrogen-bond donors (Lipinski definition) is 3. The second kappa shape index (κ2) is 11.1. The molecule has 9 nitrogen and oxygen atoms in total. The molecule has 0 radical (unpaired) electrons. The third-order valence-electron chi connectivity index (χ3n) is 11.8. The number of aliphatic hydroxyl groups is 1. The fourth-order valence-electron chi connectivity index (χ4n) is 10.0. The molecule has 232 valence electrons. The highest BCUT2D eigenvalue weighted by atomic mass is 32.3.